The fraction of sp³-hybridized carbons (Fsp3) is 1.00. The van der Waals surface area contributed by atoms with Crippen molar-refractivity contribution in [3.05, 3.63) is 0 Å². The zero-order valence-electron chi connectivity index (χ0n) is 22.2. The second kappa shape index (κ2) is 13.5. The van der Waals surface area contributed by atoms with Gasteiger partial charge in [0.05, 0.1) is 25.4 Å². The normalized spacial score (nSPS) is 55.1. The number of hydrogen-bond acceptors (Lipinski definition) is 18. The molecule has 0 unspecified atom stereocenters. The molecule has 0 aromatic rings. The number of rotatable bonds is 7. The second-order valence-electron chi connectivity index (χ2n) is 10.7. The lowest BCUT2D eigenvalue weighted by molar-refractivity contribution is -0.399. The molecule has 0 saturated carbocycles. The lowest BCUT2D eigenvalue weighted by atomic mass is 9.96. The molecule has 0 amide bonds. The van der Waals surface area contributed by atoms with E-state index in [2.05, 4.69) is 0 Å². The average molecular weight is 605 g/mol. The molecule has 19 atom stereocenters. The van der Waals surface area contributed by atoms with Crippen LogP contribution in [0.15, 0.2) is 0 Å². The van der Waals surface area contributed by atoms with Crippen molar-refractivity contribution in [3.63, 3.8) is 0 Å². The molecule has 4 rings (SSSR count). The summed E-state index contributed by atoms with van der Waals surface area (Å²) in [6, 6.07) is 0. The summed E-state index contributed by atoms with van der Waals surface area (Å²) in [5.41, 5.74) is 0. The van der Waals surface area contributed by atoms with Crippen molar-refractivity contribution in [2.75, 3.05) is 13.2 Å². The van der Waals surface area contributed by atoms with Crippen LogP contribution < -0.4 is 0 Å². The summed E-state index contributed by atoms with van der Waals surface area (Å²) < 4.78 is 39.1. The minimum Gasteiger partial charge on any atom is -0.394 e. The molecule has 4 aliphatic rings. The van der Waals surface area contributed by atoms with Crippen molar-refractivity contribution in [1.29, 1.82) is 0 Å². The highest BCUT2D eigenvalue weighted by Gasteiger charge is 2.55. The standard InChI is InChI=1S/C23H40O18/c1-5-9(26)12(29)15(32)22(36-5)39-17-8(3-24)38-20(34)19(41-23-16(33)13(30)10(27)6(2)37-23)18(17)40-21-14(31)11(28)7(25)4-35-21/h5-34H,3-4H2,1-2H3/t5-,6-,7-,8+,9-,10-,11-,12+,13+,14+,15+,16+,17+,18-,19+,20+,21-,22-,23-/m0/s1. The zero-order valence-corrected chi connectivity index (χ0v) is 22.2. The summed E-state index contributed by atoms with van der Waals surface area (Å²) >= 11 is 0. The first-order valence-electron chi connectivity index (χ1n) is 13.2. The van der Waals surface area contributed by atoms with Gasteiger partial charge in [-0.3, -0.25) is 0 Å². The van der Waals surface area contributed by atoms with Crippen LogP contribution in [0.25, 0.3) is 0 Å². The van der Waals surface area contributed by atoms with Gasteiger partial charge in [-0.2, -0.15) is 0 Å². The third-order valence-electron chi connectivity index (χ3n) is 7.73. The highest BCUT2D eigenvalue weighted by atomic mass is 16.8. The second-order valence-corrected chi connectivity index (χ2v) is 10.7. The smallest absolute Gasteiger partial charge is 0.187 e. The third kappa shape index (κ3) is 6.70. The van der Waals surface area contributed by atoms with Crippen LogP contribution in [-0.2, 0) is 33.2 Å². The van der Waals surface area contributed by atoms with Gasteiger partial charge in [0, 0.05) is 0 Å². The Morgan fingerprint density at radius 3 is 1.51 bits per heavy atom. The topological polar surface area (TPSA) is 287 Å². The predicted octanol–water partition coefficient (Wildman–Crippen LogP) is -7.05. The van der Waals surface area contributed by atoms with E-state index in [4.69, 9.17) is 33.2 Å². The van der Waals surface area contributed by atoms with Crippen molar-refractivity contribution in [2.45, 2.75) is 131 Å². The van der Waals surface area contributed by atoms with E-state index in [0.29, 0.717) is 0 Å². The van der Waals surface area contributed by atoms with Gasteiger partial charge in [-0.15, -0.1) is 0 Å². The Morgan fingerprint density at radius 2 is 1.00 bits per heavy atom. The molecule has 0 radical (unpaired) electrons. The van der Waals surface area contributed by atoms with Gasteiger partial charge in [-0.25, -0.2) is 0 Å². The zero-order chi connectivity index (χ0) is 30.3. The van der Waals surface area contributed by atoms with Gasteiger partial charge in [0.2, 0.25) is 0 Å². The Bertz CT molecular complexity index is 838. The van der Waals surface area contributed by atoms with E-state index in [1.807, 2.05) is 0 Å². The van der Waals surface area contributed by atoms with Gasteiger partial charge in [-0.1, -0.05) is 0 Å². The molecule has 4 aliphatic heterocycles. The maximum absolute atomic E-state index is 10.8. The minimum absolute atomic E-state index is 0.479. The first-order chi connectivity index (χ1) is 19.3. The molecule has 4 heterocycles. The molecule has 11 N–H and O–H groups in total. The summed E-state index contributed by atoms with van der Waals surface area (Å²) in [6.45, 7) is 1.47. The molecule has 18 heteroatoms. The van der Waals surface area contributed by atoms with Crippen LogP contribution in [-0.4, -0.2) is 186 Å². The highest BCUT2D eigenvalue weighted by molar-refractivity contribution is 4.97. The number of aliphatic hydroxyl groups is 11. The Labute approximate surface area is 233 Å². The fourth-order valence-corrected chi connectivity index (χ4v) is 5.12. The Kier molecular flexibility index (Phi) is 10.9. The first-order valence-corrected chi connectivity index (χ1v) is 13.2. The van der Waals surface area contributed by atoms with E-state index in [1.165, 1.54) is 13.8 Å². The Balaban J connectivity index is 1.65. The van der Waals surface area contributed by atoms with Gasteiger partial charge < -0.3 is 89.3 Å². The lowest BCUT2D eigenvalue weighted by Crippen LogP contribution is -2.67. The molecule has 0 aromatic heterocycles. The molecule has 0 aromatic carbocycles. The molecule has 4 saturated heterocycles. The van der Waals surface area contributed by atoms with Crippen molar-refractivity contribution in [3.8, 4) is 0 Å². The number of hydrogen-bond donors (Lipinski definition) is 11. The van der Waals surface area contributed by atoms with Crippen LogP contribution >= 0.6 is 0 Å². The summed E-state index contributed by atoms with van der Waals surface area (Å²) in [4.78, 5) is 0. The van der Waals surface area contributed by atoms with E-state index in [0.717, 1.165) is 0 Å². The predicted molar refractivity (Wildman–Crippen MR) is 125 cm³/mol. The van der Waals surface area contributed by atoms with Crippen LogP contribution in [0.1, 0.15) is 13.8 Å². The van der Waals surface area contributed by atoms with E-state index in [-0.39, 0.29) is 0 Å². The monoisotopic (exact) mass is 604 g/mol. The average Bonchev–Trinajstić information content (AvgIpc) is 2.94. The molecular weight excluding hydrogens is 564 g/mol. The summed E-state index contributed by atoms with van der Waals surface area (Å²) in [7, 11) is 0. The molecule has 0 spiro atoms. The maximum Gasteiger partial charge on any atom is 0.187 e. The number of ether oxygens (including phenoxy) is 7. The van der Waals surface area contributed by atoms with Crippen LogP contribution in [0.5, 0.6) is 0 Å². The van der Waals surface area contributed by atoms with Crippen molar-refractivity contribution in [2.24, 2.45) is 0 Å². The lowest BCUT2D eigenvalue weighted by Gasteiger charge is -2.49. The third-order valence-corrected chi connectivity index (χ3v) is 7.73. The fourth-order valence-electron chi connectivity index (χ4n) is 5.12. The van der Waals surface area contributed by atoms with Gasteiger partial charge in [0.15, 0.2) is 25.2 Å². The molecule has 240 valence electrons. The molecule has 0 aliphatic carbocycles. The minimum atomic E-state index is -1.95. The molecule has 41 heavy (non-hydrogen) atoms. The van der Waals surface area contributed by atoms with Gasteiger partial charge in [0.25, 0.3) is 0 Å². The van der Waals surface area contributed by atoms with E-state index in [1.54, 1.807) is 0 Å². The van der Waals surface area contributed by atoms with Crippen molar-refractivity contribution >= 4 is 0 Å². The summed E-state index contributed by atoms with van der Waals surface area (Å²) in [6.07, 6.45) is -30.5. The van der Waals surface area contributed by atoms with E-state index in [9.17, 15) is 56.2 Å². The van der Waals surface area contributed by atoms with E-state index < -0.39 is 130 Å². The van der Waals surface area contributed by atoms with Gasteiger partial charge in [0.1, 0.15) is 79.4 Å². The Hall–Kier alpha value is -0.720. The van der Waals surface area contributed by atoms with Crippen LogP contribution in [0.4, 0.5) is 0 Å². The van der Waals surface area contributed by atoms with Gasteiger partial charge >= 0.3 is 0 Å². The Morgan fingerprint density at radius 1 is 0.537 bits per heavy atom. The molecule has 0 bridgehead atoms. The SMILES string of the molecule is C[C@@H]1O[C@@H](O[C@@H]2[C@@H](O[C@@H]3OC[C@H](O)[C@H](O)[C@H]3O)[C@H](O[C@@H]3O[C@@H](C)[C@H](O)[C@@H](O)[C@H]3O)[C@@H](CO)O[C@H]2O)[C@H](O)[C@H](O)[C@H]1O. The first kappa shape index (κ1) is 33.2. The maximum atomic E-state index is 10.8. The number of aliphatic hydroxyl groups excluding tert-OH is 11. The molecular formula is C23H40O18. The van der Waals surface area contributed by atoms with Crippen LogP contribution in [0, 0.1) is 0 Å². The molecule has 4 fully saturated rings. The summed E-state index contributed by atoms with van der Waals surface area (Å²) in [5, 5.41) is 113. The van der Waals surface area contributed by atoms with Crippen LogP contribution in [0.3, 0.4) is 0 Å². The van der Waals surface area contributed by atoms with Crippen LogP contribution in [0.2, 0.25) is 0 Å². The van der Waals surface area contributed by atoms with E-state index >= 15 is 0 Å². The highest BCUT2D eigenvalue weighted by Crippen LogP contribution is 2.35. The summed E-state index contributed by atoms with van der Waals surface area (Å²) in [5.74, 6) is 0. The molecule has 18 nitrogen and oxygen atoms in total. The quantitative estimate of drug-likeness (QED) is 0.129. The largest absolute Gasteiger partial charge is 0.394 e. The van der Waals surface area contributed by atoms with Crippen molar-refractivity contribution < 1.29 is 89.3 Å². The van der Waals surface area contributed by atoms with Crippen molar-refractivity contribution in [1.82, 2.24) is 0 Å². The van der Waals surface area contributed by atoms with Gasteiger partial charge in [-0.05, 0) is 13.8 Å².